The van der Waals surface area contributed by atoms with Crippen molar-refractivity contribution >= 4 is 5.91 Å². The summed E-state index contributed by atoms with van der Waals surface area (Å²) in [6.07, 6.45) is 0.540. The van der Waals surface area contributed by atoms with E-state index in [1.807, 2.05) is 12.1 Å². The summed E-state index contributed by atoms with van der Waals surface area (Å²) in [5.41, 5.74) is 2.38. The number of benzene rings is 1. The third-order valence-electron chi connectivity index (χ3n) is 2.69. The standard InChI is InChI=1S/C15H24N2O/c1-12(2)10-16-9-8-15(18)17-11-14-6-4-13(3)5-7-14/h4-7,12,16H,8-11H2,1-3H3,(H,17,18). The predicted octanol–water partition coefficient (Wildman–Crippen LogP) is 2.25. The van der Waals surface area contributed by atoms with Gasteiger partial charge in [0.25, 0.3) is 0 Å². The molecule has 0 aliphatic rings. The second-order valence-corrected chi connectivity index (χ2v) is 5.11. The second kappa shape index (κ2) is 7.88. The van der Waals surface area contributed by atoms with Gasteiger partial charge in [-0.1, -0.05) is 43.7 Å². The third-order valence-corrected chi connectivity index (χ3v) is 2.69. The van der Waals surface area contributed by atoms with Gasteiger partial charge in [-0.3, -0.25) is 4.79 Å². The maximum Gasteiger partial charge on any atom is 0.221 e. The topological polar surface area (TPSA) is 41.1 Å². The lowest BCUT2D eigenvalue weighted by atomic mass is 10.1. The number of nitrogens with one attached hydrogen (secondary N) is 2. The molecular weight excluding hydrogens is 224 g/mol. The van der Waals surface area contributed by atoms with Crippen molar-refractivity contribution in [1.29, 1.82) is 0 Å². The van der Waals surface area contributed by atoms with E-state index in [0.29, 0.717) is 18.9 Å². The third kappa shape index (κ3) is 6.40. The van der Waals surface area contributed by atoms with Crippen molar-refractivity contribution in [3.63, 3.8) is 0 Å². The number of rotatable bonds is 7. The molecule has 0 spiro atoms. The minimum atomic E-state index is 0.104. The van der Waals surface area contributed by atoms with Gasteiger partial charge in [-0.2, -0.15) is 0 Å². The molecule has 0 aliphatic heterocycles. The molecule has 0 bridgehead atoms. The van der Waals surface area contributed by atoms with Crippen LogP contribution < -0.4 is 10.6 Å². The lowest BCUT2D eigenvalue weighted by Gasteiger charge is -2.08. The van der Waals surface area contributed by atoms with Gasteiger partial charge in [0, 0.05) is 19.5 Å². The second-order valence-electron chi connectivity index (χ2n) is 5.11. The molecule has 1 amide bonds. The maximum atomic E-state index is 11.6. The molecule has 1 aromatic carbocycles. The molecular formula is C15H24N2O. The van der Waals surface area contributed by atoms with Gasteiger partial charge in [0.05, 0.1) is 0 Å². The van der Waals surface area contributed by atoms with Crippen LogP contribution in [0, 0.1) is 12.8 Å². The van der Waals surface area contributed by atoms with E-state index >= 15 is 0 Å². The Morgan fingerprint density at radius 3 is 2.50 bits per heavy atom. The summed E-state index contributed by atoms with van der Waals surface area (Å²) in [7, 11) is 0. The van der Waals surface area contributed by atoms with E-state index in [9.17, 15) is 4.79 Å². The molecule has 0 atom stereocenters. The SMILES string of the molecule is Cc1ccc(CNC(=O)CCNCC(C)C)cc1. The van der Waals surface area contributed by atoms with Gasteiger partial charge in [0.1, 0.15) is 0 Å². The van der Waals surface area contributed by atoms with Crippen LogP contribution in [0.1, 0.15) is 31.4 Å². The van der Waals surface area contributed by atoms with Crippen LogP contribution in [0.2, 0.25) is 0 Å². The fourth-order valence-electron chi connectivity index (χ4n) is 1.59. The van der Waals surface area contributed by atoms with Gasteiger partial charge in [-0.15, -0.1) is 0 Å². The van der Waals surface area contributed by atoms with Crippen LogP contribution in [0.4, 0.5) is 0 Å². The first-order chi connectivity index (χ1) is 8.58. The highest BCUT2D eigenvalue weighted by Crippen LogP contribution is 2.02. The summed E-state index contributed by atoms with van der Waals surface area (Å²) in [6.45, 7) is 8.70. The summed E-state index contributed by atoms with van der Waals surface area (Å²) >= 11 is 0. The number of carbonyl (C=O) groups is 1. The molecule has 3 heteroatoms. The van der Waals surface area contributed by atoms with Crippen LogP contribution in [-0.4, -0.2) is 19.0 Å². The van der Waals surface area contributed by atoms with Crippen molar-refractivity contribution in [1.82, 2.24) is 10.6 Å². The van der Waals surface area contributed by atoms with Gasteiger partial charge in [0.2, 0.25) is 5.91 Å². The summed E-state index contributed by atoms with van der Waals surface area (Å²) in [4.78, 5) is 11.6. The van der Waals surface area contributed by atoms with Gasteiger partial charge >= 0.3 is 0 Å². The Hall–Kier alpha value is -1.35. The molecule has 1 aromatic rings. The van der Waals surface area contributed by atoms with Gasteiger partial charge < -0.3 is 10.6 Å². The quantitative estimate of drug-likeness (QED) is 0.727. The summed E-state index contributed by atoms with van der Waals surface area (Å²) in [5, 5.41) is 6.19. The van der Waals surface area contributed by atoms with Crippen LogP contribution in [0.15, 0.2) is 24.3 Å². The number of hydrogen-bond donors (Lipinski definition) is 2. The molecule has 18 heavy (non-hydrogen) atoms. The van der Waals surface area contributed by atoms with E-state index in [2.05, 4.69) is 43.5 Å². The van der Waals surface area contributed by atoms with Crippen LogP contribution in [-0.2, 0) is 11.3 Å². The lowest BCUT2D eigenvalue weighted by Crippen LogP contribution is -2.28. The Labute approximate surface area is 110 Å². The molecule has 0 aliphatic carbocycles. The van der Waals surface area contributed by atoms with Crippen molar-refractivity contribution in [2.75, 3.05) is 13.1 Å². The zero-order chi connectivity index (χ0) is 13.4. The predicted molar refractivity (Wildman–Crippen MR) is 75.4 cm³/mol. The highest BCUT2D eigenvalue weighted by Gasteiger charge is 2.01. The van der Waals surface area contributed by atoms with E-state index in [1.165, 1.54) is 5.56 Å². The summed E-state index contributed by atoms with van der Waals surface area (Å²) in [5.74, 6) is 0.729. The average molecular weight is 248 g/mol. The lowest BCUT2D eigenvalue weighted by molar-refractivity contribution is -0.121. The highest BCUT2D eigenvalue weighted by atomic mass is 16.1. The zero-order valence-corrected chi connectivity index (χ0v) is 11.6. The maximum absolute atomic E-state index is 11.6. The van der Waals surface area contributed by atoms with Gasteiger partial charge in [0.15, 0.2) is 0 Å². The first kappa shape index (κ1) is 14.7. The minimum absolute atomic E-state index is 0.104. The van der Waals surface area contributed by atoms with Crippen LogP contribution >= 0.6 is 0 Å². The Bertz CT molecular complexity index is 357. The molecule has 0 aromatic heterocycles. The smallest absolute Gasteiger partial charge is 0.221 e. The number of amides is 1. The molecule has 1 rings (SSSR count). The number of hydrogen-bond acceptors (Lipinski definition) is 2. The fraction of sp³-hybridized carbons (Fsp3) is 0.533. The van der Waals surface area contributed by atoms with Crippen LogP contribution in [0.5, 0.6) is 0 Å². The van der Waals surface area contributed by atoms with Gasteiger partial charge in [-0.25, -0.2) is 0 Å². The van der Waals surface area contributed by atoms with E-state index in [0.717, 1.165) is 18.7 Å². The van der Waals surface area contributed by atoms with E-state index in [1.54, 1.807) is 0 Å². The molecule has 0 fully saturated rings. The molecule has 2 N–H and O–H groups in total. The summed E-state index contributed by atoms with van der Waals surface area (Å²) < 4.78 is 0. The molecule has 0 unspecified atom stereocenters. The molecule has 0 radical (unpaired) electrons. The Balaban J connectivity index is 2.15. The molecule has 0 heterocycles. The Morgan fingerprint density at radius 2 is 1.89 bits per heavy atom. The van der Waals surface area contributed by atoms with Crippen molar-refractivity contribution in [3.8, 4) is 0 Å². The van der Waals surface area contributed by atoms with Gasteiger partial charge in [-0.05, 0) is 24.9 Å². The fourth-order valence-corrected chi connectivity index (χ4v) is 1.59. The average Bonchev–Trinajstić information content (AvgIpc) is 2.34. The first-order valence-corrected chi connectivity index (χ1v) is 6.61. The molecule has 0 saturated carbocycles. The van der Waals surface area contributed by atoms with E-state index in [4.69, 9.17) is 0 Å². The monoisotopic (exact) mass is 248 g/mol. The zero-order valence-electron chi connectivity index (χ0n) is 11.6. The Morgan fingerprint density at radius 1 is 1.22 bits per heavy atom. The van der Waals surface area contributed by atoms with Crippen LogP contribution in [0.3, 0.4) is 0 Å². The highest BCUT2D eigenvalue weighted by molar-refractivity contribution is 5.76. The van der Waals surface area contributed by atoms with Crippen molar-refractivity contribution < 1.29 is 4.79 Å². The van der Waals surface area contributed by atoms with E-state index < -0.39 is 0 Å². The number of aryl methyl sites for hydroxylation is 1. The van der Waals surface area contributed by atoms with Crippen LogP contribution in [0.25, 0.3) is 0 Å². The number of carbonyl (C=O) groups excluding carboxylic acids is 1. The first-order valence-electron chi connectivity index (χ1n) is 6.61. The largest absolute Gasteiger partial charge is 0.352 e. The summed E-state index contributed by atoms with van der Waals surface area (Å²) in [6, 6.07) is 8.22. The van der Waals surface area contributed by atoms with Crippen molar-refractivity contribution in [2.45, 2.75) is 33.7 Å². The molecule has 0 saturated heterocycles. The molecule has 3 nitrogen and oxygen atoms in total. The molecule has 100 valence electrons. The Kier molecular flexibility index (Phi) is 6.44. The van der Waals surface area contributed by atoms with Crippen molar-refractivity contribution in [3.05, 3.63) is 35.4 Å². The van der Waals surface area contributed by atoms with Crippen molar-refractivity contribution in [2.24, 2.45) is 5.92 Å². The normalized spacial score (nSPS) is 10.7. The minimum Gasteiger partial charge on any atom is -0.352 e. The van der Waals surface area contributed by atoms with E-state index in [-0.39, 0.29) is 5.91 Å².